The smallest absolute Gasteiger partial charge is 0.328 e. The lowest BCUT2D eigenvalue weighted by atomic mass is 10.0. The van der Waals surface area contributed by atoms with E-state index < -0.39 is 23.7 Å². The van der Waals surface area contributed by atoms with Gasteiger partial charge in [0, 0.05) is 0 Å². The summed E-state index contributed by atoms with van der Waals surface area (Å²) in [4.78, 5) is 24.0. The molecule has 1 amide bonds. The van der Waals surface area contributed by atoms with Gasteiger partial charge in [-0.25, -0.2) is 9.18 Å². The van der Waals surface area contributed by atoms with Gasteiger partial charge in [0.05, 0.1) is 12.7 Å². The van der Waals surface area contributed by atoms with Gasteiger partial charge in [-0.1, -0.05) is 42.5 Å². The maximum Gasteiger partial charge on any atom is 0.328 e. The molecule has 0 saturated heterocycles. The number of carbonyl (C=O) groups excluding carboxylic acids is 2. The minimum atomic E-state index is -0.800. The Labute approximate surface area is 140 Å². The summed E-state index contributed by atoms with van der Waals surface area (Å²) in [7, 11) is 1.27. The predicted octanol–water partition coefficient (Wildman–Crippen LogP) is 3.12. The highest BCUT2D eigenvalue weighted by atomic mass is 19.1. The molecule has 0 unspecified atom stereocenters. The van der Waals surface area contributed by atoms with E-state index in [0.717, 1.165) is 12.0 Å². The first-order valence-corrected chi connectivity index (χ1v) is 7.79. The quantitative estimate of drug-likeness (QED) is 0.794. The molecule has 1 N–H and O–H groups in total. The molecule has 4 nitrogen and oxygen atoms in total. The van der Waals surface area contributed by atoms with Crippen LogP contribution in [0.15, 0.2) is 54.6 Å². The van der Waals surface area contributed by atoms with Crippen molar-refractivity contribution in [2.75, 3.05) is 7.11 Å². The van der Waals surface area contributed by atoms with Gasteiger partial charge in [-0.3, -0.25) is 4.79 Å². The fourth-order valence-corrected chi connectivity index (χ4v) is 2.43. The van der Waals surface area contributed by atoms with Crippen LogP contribution in [-0.4, -0.2) is 25.0 Å². The van der Waals surface area contributed by atoms with Crippen LogP contribution in [0.5, 0.6) is 0 Å². The maximum absolute atomic E-state index is 13.7. The minimum absolute atomic E-state index is 0.0885. The van der Waals surface area contributed by atoms with Crippen molar-refractivity contribution in [2.24, 2.45) is 0 Å². The van der Waals surface area contributed by atoms with E-state index in [1.54, 1.807) is 6.07 Å². The summed E-state index contributed by atoms with van der Waals surface area (Å²) < 4.78 is 18.4. The number of halogens is 1. The van der Waals surface area contributed by atoms with Crippen LogP contribution in [0, 0.1) is 5.82 Å². The van der Waals surface area contributed by atoms with Crippen LogP contribution in [0.2, 0.25) is 0 Å². The Morgan fingerprint density at radius 1 is 1.08 bits per heavy atom. The lowest BCUT2D eigenvalue weighted by Crippen LogP contribution is -2.41. The van der Waals surface area contributed by atoms with Gasteiger partial charge in [0.2, 0.25) is 0 Å². The number of nitrogens with one attached hydrogen (secondary N) is 1. The van der Waals surface area contributed by atoms with E-state index in [9.17, 15) is 14.0 Å². The van der Waals surface area contributed by atoms with Gasteiger partial charge >= 0.3 is 5.97 Å². The molecule has 24 heavy (non-hydrogen) atoms. The number of esters is 1. The number of benzene rings is 2. The number of aryl methyl sites for hydroxylation is 1. The third-order valence-corrected chi connectivity index (χ3v) is 3.71. The Balaban J connectivity index is 1.97. The van der Waals surface area contributed by atoms with Crippen molar-refractivity contribution in [1.82, 2.24) is 5.32 Å². The van der Waals surface area contributed by atoms with Crippen molar-refractivity contribution in [3.8, 4) is 0 Å². The molecule has 2 aromatic rings. The van der Waals surface area contributed by atoms with Crippen LogP contribution in [0.25, 0.3) is 0 Å². The van der Waals surface area contributed by atoms with E-state index in [-0.39, 0.29) is 5.56 Å². The minimum Gasteiger partial charge on any atom is -0.467 e. The standard InChI is InChI=1S/C19H20FNO3/c1-24-19(23)17(13-7-10-14-8-3-2-4-9-14)21-18(22)15-11-5-6-12-16(15)20/h2-6,8-9,11-12,17H,7,10,13H2,1H3,(H,21,22)/t17-/m0/s1. The average molecular weight is 329 g/mol. The van der Waals surface area contributed by atoms with Crippen LogP contribution < -0.4 is 5.32 Å². The van der Waals surface area contributed by atoms with Crippen LogP contribution in [0.3, 0.4) is 0 Å². The number of hydrogen-bond donors (Lipinski definition) is 1. The Bertz CT molecular complexity index is 688. The summed E-state index contributed by atoms with van der Waals surface area (Å²) in [5.74, 6) is -1.78. The molecule has 0 heterocycles. The first-order valence-electron chi connectivity index (χ1n) is 7.79. The summed E-state index contributed by atoms with van der Waals surface area (Å²) in [6.45, 7) is 0. The fourth-order valence-electron chi connectivity index (χ4n) is 2.43. The number of carbonyl (C=O) groups is 2. The number of hydrogen-bond acceptors (Lipinski definition) is 3. The van der Waals surface area contributed by atoms with E-state index in [4.69, 9.17) is 4.74 Å². The first-order chi connectivity index (χ1) is 11.6. The lowest BCUT2D eigenvalue weighted by Gasteiger charge is -2.16. The molecule has 0 aromatic heterocycles. The zero-order chi connectivity index (χ0) is 17.4. The molecular formula is C19H20FNO3. The number of methoxy groups -OCH3 is 1. The molecule has 0 fully saturated rings. The van der Waals surface area contributed by atoms with Crippen LogP contribution in [0.4, 0.5) is 4.39 Å². The van der Waals surface area contributed by atoms with Gasteiger partial charge in [0.15, 0.2) is 0 Å². The van der Waals surface area contributed by atoms with E-state index in [1.807, 2.05) is 30.3 Å². The molecule has 2 rings (SSSR count). The molecule has 0 radical (unpaired) electrons. The monoisotopic (exact) mass is 329 g/mol. The highest BCUT2D eigenvalue weighted by molar-refractivity contribution is 5.96. The van der Waals surface area contributed by atoms with Gasteiger partial charge < -0.3 is 10.1 Å². The molecule has 126 valence electrons. The van der Waals surface area contributed by atoms with Crippen LogP contribution >= 0.6 is 0 Å². The fraction of sp³-hybridized carbons (Fsp3) is 0.263. The molecule has 1 atom stereocenters. The molecule has 2 aromatic carbocycles. The van der Waals surface area contributed by atoms with E-state index in [1.165, 1.54) is 25.3 Å². The Hall–Kier alpha value is -2.69. The van der Waals surface area contributed by atoms with Gasteiger partial charge in [0.1, 0.15) is 11.9 Å². The zero-order valence-electron chi connectivity index (χ0n) is 13.5. The zero-order valence-corrected chi connectivity index (χ0v) is 13.5. The Morgan fingerprint density at radius 2 is 1.75 bits per heavy atom. The number of amides is 1. The summed E-state index contributed by atoms with van der Waals surface area (Å²) >= 11 is 0. The number of ether oxygens (including phenoxy) is 1. The third kappa shape index (κ3) is 4.91. The van der Waals surface area contributed by atoms with Crippen molar-refractivity contribution in [2.45, 2.75) is 25.3 Å². The van der Waals surface area contributed by atoms with Gasteiger partial charge in [-0.05, 0) is 37.0 Å². The summed E-state index contributed by atoms with van der Waals surface area (Å²) in [5, 5.41) is 2.56. The molecule has 0 bridgehead atoms. The normalized spacial score (nSPS) is 11.6. The van der Waals surface area contributed by atoms with E-state index in [2.05, 4.69) is 5.32 Å². The second-order valence-electron chi connectivity index (χ2n) is 5.41. The lowest BCUT2D eigenvalue weighted by molar-refractivity contribution is -0.143. The highest BCUT2D eigenvalue weighted by Gasteiger charge is 2.23. The summed E-state index contributed by atoms with van der Waals surface area (Å²) in [6, 6.07) is 14.7. The van der Waals surface area contributed by atoms with Gasteiger partial charge in [-0.2, -0.15) is 0 Å². The van der Waals surface area contributed by atoms with Crippen LogP contribution in [-0.2, 0) is 16.0 Å². The SMILES string of the molecule is COC(=O)[C@H](CCCc1ccccc1)NC(=O)c1ccccc1F. The largest absolute Gasteiger partial charge is 0.467 e. The maximum atomic E-state index is 13.7. The third-order valence-electron chi connectivity index (χ3n) is 3.71. The first kappa shape index (κ1) is 17.7. The van der Waals surface area contributed by atoms with Crippen molar-refractivity contribution in [1.29, 1.82) is 0 Å². The second-order valence-corrected chi connectivity index (χ2v) is 5.41. The molecule has 0 saturated carbocycles. The molecule has 0 spiro atoms. The topological polar surface area (TPSA) is 55.4 Å². The van der Waals surface area contributed by atoms with Gasteiger partial charge in [-0.15, -0.1) is 0 Å². The molecule has 5 heteroatoms. The van der Waals surface area contributed by atoms with Crippen molar-refractivity contribution >= 4 is 11.9 Å². The molecule has 0 aliphatic carbocycles. The Kier molecular flexibility index (Phi) is 6.49. The predicted molar refractivity (Wildman–Crippen MR) is 89.1 cm³/mol. The molecule has 0 aliphatic heterocycles. The molecule has 0 aliphatic rings. The Morgan fingerprint density at radius 3 is 2.42 bits per heavy atom. The highest BCUT2D eigenvalue weighted by Crippen LogP contribution is 2.10. The molecular weight excluding hydrogens is 309 g/mol. The average Bonchev–Trinajstić information content (AvgIpc) is 2.61. The number of rotatable bonds is 7. The van der Waals surface area contributed by atoms with E-state index >= 15 is 0 Å². The second kappa shape index (κ2) is 8.82. The van der Waals surface area contributed by atoms with Crippen molar-refractivity contribution in [3.63, 3.8) is 0 Å². The van der Waals surface area contributed by atoms with Crippen molar-refractivity contribution in [3.05, 3.63) is 71.5 Å². The summed E-state index contributed by atoms with van der Waals surface area (Å²) in [5.41, 5.74) is 1.07. The van der Waals surface area contributed by atoms with E-state index in [0.29, 0.717) is 12.8 Å². The van der Waals surface area contributed by atoms with Crippen LogP contribution in [0.1, 0.15) is 28.8 Å². The van der Waals surface area contributed by atoms with Gasteiger partial charge in [0.25, 0.3) is 5.91 Å². The van der Waals surface area contributed by atoms with Crippen molar-refractivity contribution < 1.29 is 18.7 Å². The summed E-state index contributed by atoms with van der Waals surface area (Å²) in [6.07, 6.45) is 1.90.